The lowest BCUT2D eigenvalue weighted by Crippen LogP contribution is -2.40. The highest BCUT2D eigenvalue weighted by Crippen LogP contribution is 2.53. The van der Waals surface area contributed by atoms with Crippen molar-refractivity contribution < 1.29 is 87.7 Å². The summed E-state index contributed by atoms with van der Waals surface area (Å²) in [5, 5.41) is 9.27. The van der Waals surface area contributed by atoms with E-state index in [0.29, 0.717) is 70.7 Å². The van der Waals surface area contributed by atoms with Gasteiger partial charge in [0.2, 0.25) is 0 Å². The minimum absolute atomic E-state index is 0.0248. The summed E-state index contributed by atoms with van der Waals surface area (Å²) in [6, 6.07) is 16.2. The number of unbranched alkanes of at least 4 members (excludes halogenated alkanes) is 3. The van der Waals surface area contributed by atoms with Gasteiger partial charge in [-0.2, -0.15) is 50.5 Å². The van der Waals surface area contributed by atoms with Gasteiger partial charge in [-0.15, -0.1) is 0 Å². The van der Waals surface area contributed by atoms with E-state index >= 15 is 0 Å². The zero-order valence-corrected chi connectivity index (χ0v) is 49.6. The second kappa shape index (κ2) is 23.6. The molecule has 0 radical (unpaired) electrons. The molecule has 5 aromatic rings. The highest BCUT2D eigenvalue weighted by atomic mass is 32.2. The molecule has 0 saturated carbocycles. The number of aliphatic carboxylic acids is 1. The van der Waals surface area contributed by atoms with Crippen molar-refractivity contribution in [2.75, 3.05) is 34.4 Å². The molecule has 22 nitrogen and oxygen atoms in total. The second-order valence-electron chi connectivity index (χ2n) is 21.2. The second-order valence-corrected chi connectivity index (χ2v) is 30.0. The fraction of sp³-hybridized carbons (Fsp3) is 0.352. The summed E-state index contributed by atoms with van der Waals surface area (Å²) >= 11 is 0. The number of carboxylic acid groups (broad SMARTS) is 1. The molecule has 1 atom stereocenters. The molecule has 2 aliphatic heterocycles. The van der Waals surface area contributed by atoms with Crippen LogP contribution in [0.1, 0.15) is 94.9 Å². The van der Waals surface area contributed by atoms with E-state index in [1.807, 2.05) is 60.1 Å². The molecule has 28 heteroatoms. The van der Waals surface area contributed by atoms with Crippen LogP contribution in [0.4, 0.5) is 11.4 Å². The minimum Gasteiger partial charge on any atom is -0.481 e. The molecule has 5 aromatic carbocycles. The van der Waals surface area contributed by atoms with Crippen LogP contribution in [-0.4, -0.2) is 120 Å². The standard InChI is InChI=1S/C54H62N2O20S6/c1-53(2)48(55(26-9-11-28-77(59,60)61)44-23-21-40-42(51(44)53)31-38(79(65,66)67)33-46(40)81(71,72)73)18-7-6-16-36(37-17-13-15-35(30-37)14-5-8-19-50(57)58)20-25-49-54(3,4)52-43-32-39(80(68,69)70)34-47(82(74,75)76)41(43)22-24-45(52)56(49)27-10-12-29-78(62,63)64/h6-7,13,15-18,20-25,30-34,49H,5,8-12,14,19,26-29H2,1-4H3,(H,57,58)(H,59,60,61)(H,62,63,64)(H,65,66,67)(H,68,69,70)(H,71,72,73)(H,74,75,76)/b7-6+,25-20+,36-16-,48-18+. The van der Waals surface area contributed by atoms with Crippen molar-refractivity contribution in [1.82, 2.24) is 0 Å². The third-order valence-electron chi connectivity index (χ3n) is 14.7. The average molecular weight is 1250 g/mol. The summed E-state index contributed by atoms with van der Waals surface area (Å²) in [6.45, 7) is 7.46. The lowest BCUT2D eigenvalue weighted by atomic mass is 9.78. The van der Waals surface area contributed by atoms with Crippen LogP contribution in [0.25, 0.3) is 27.1 Å². The summed E-state index contributed by atoms with van der Waals surface area (Å²) in [6.07, 6.45) is 12.5. The maximum absolute atomic E-state index is 12.8. The number of carbonyl (C=O) groups is 1. The molecule has 0 amide bonds. The molecule has 0 bridgehead atoms. The normalized spacial score (nSPS) is 17.5. The Kier molecular flexibility index (Phi) is 18.4. The zero-order chi connectivity index (χ0) is 60.8. The molecular formula is C54H62N2O20S6. The van der Waals surface area contributed by atoms with Crippen molar-refractivity contribution in [3.05, 3.63) is 137 Å². The minimum atomic E-state index is -5.08. The summed E-state index contributed by atoms with van der Waals surface area (Å²) in [5.41, 5.74) is 2.26. The first-order chi connectivity index (χ1) is 37.8. The van der Waals surface area contributed by atoms with Crippen molar-refractivity contribution in [3.63, 3.8) is 0 Å². The van der Waals surface area contributed by atoms with Gasteiger partial charge in [0.25, 0.3) is 60.7 Å². The topological polar surface area (TPSA) is 370 Å². The monoisotopic (exact) mass is 1250 g/mol. The van der Waals surface area contributed by atoms with E-state index in [-0.39, 0.29) is 66.7 Å². The van der Waals surface area contributed by atoms with E-state index in [9.17, 15) is 87.7 Å². The van der Waals surface area contributed by atoms with Gasteiger partial charge in [-0.3, -0.25) is 32.1 Å². The highest BCUT2D eigenvalue weighted by molar-refractivity contribution is 7.87. The Morgan fingerprint density at radius 2 is 1.11 bits per heavy atom. The number of benzene rings is 5. The number of anilines is 2. The van der Waals surface area contributed by atoms with E-state index in [2.05, 4.69) is 0 Å². The van der Waals surface area contributed by atoms with Crippen LogP contribution < -0.4 is 9.80 Å². The summed E-state index contributed by atoms with van der Waals surface area (Å²) < 4.78 is 208. The van der Waals surface area contributed by atoms with Gasteiger partial charge in [0.15, 0.2) is 0 Å². The van der Waals surface area contributed by atoms with E-state index in [1.54, 1.807) is 50.3 Å². The Labute approximate surface area is 477 Å². The molecule has 0 saturated heterocycles. The van der Waals surface area contributed by atoms with Crippen molar-refractivity contribution >= 4 is 105 Å². The fourth-order valence-electron chi connectivity index (χ4n) is 11.1. The summed E-state index contributed by atoms with van der Waals surface area (Å²) in [4.78, 5) is 11.9. The van der Waals surface area contributed by atoms with Gasteiger partial charge >= 0.3 is 5.97 Å². The number of allylic oxidation sites excluding steroid dienone is 7. The number of nitrogens with zero attached hydrogens (tertiary/aromatic N) is 2. The van der Waals surface area contributed by atoms with Gasteiger partial charge in [-0.1, -0.05) is 94.5 Å². The number of hydrogen-bond acceptors (Lipinski definition) is 15. The van der Waals surface area contributed by atoms with Gasteiger partial charge in [0, 0.05) is 58.2 Å². The van der Waals surface area contributed by atoms with Gasteiger partial charge < -0.3 is 14.9 Å². The number of hydrogen-bond donors (Lipinski definition) is 7. The molecule has 0 fully saturated rings. The van der Waals surface area contributed by atoms with E-state index in [1.165, 1.54) is 12.1 Å². The Bertz CT molecular complexity index is 4230. The smallest absolute Gasteiger partial charge is 0.303 e. The maximum Gasteiger partial charge on any atom is 0.303 e. The molecule has 82 heavy (non-hydrogen) atoms. The molecule has 2 heterocycles. The Hall–Kier alpha value is -5.89. The molecular weight excluding hydrogens is 1190 g/mol. The molecule has 7 rings (SSSR count). The first-order valence-corrected chi connectivity index (χ1v) is 34.4. The van der Waals surface area contributed by atoms with Crippen molar-refractivity contribution in [2.45, 2.75) is 116 Å². The number of aryl methyl sites for hydroxylation is 1. The van der Waals surface area contributed by atoms with Crippen LogP contribution in [0.15, 0.2) is 135 Å². The van der Waals surface area contributed by atoms with E-state index in [0.717, 1.165) is 17.7 Å². The molecule has 0 spiro atoms. The zero-order valence-electron chi connectivity index (χ0n) is 44.7. The number of carboxylic acids is 1. The third-order valence-corrected chi connectivity index (χ3v) is 19.7. The van der Waals surface area contributed by atoms with Crippen LogP contribution >= 0.6 is 0 Å². The van der Waals surface area contributed by atoms with E-state index < -0.39 is 115 Å². The van der Waals surface area contributed by atoms with Crippen LogP contribution in [0, 0.1) is 0 Å². The highest BCUT2D eigenvalue weighted by Gasteiger charge is 2.45. The molecule has 2 aliphatic rings. The van der Waals surface area contributed by atoms with Crippen LogP contribution in [-0.2, 0) is 82.8 Å². The van der Waals surface area contributed by atoms with Crippen molar-refractivity contribution in [3.8, 4) is 0 Å². The summed E-state index contributed by atoms with van der Waals surface area (Å²) in [5.74, 6) is -2.04. The van der Waals surface area contributed by atoms with Crippen molar-refractivity contribution in [2.24, 2.45) is 0 Å². The van der Waals surface area contributed by atoms with E-state index in [4.69, 9.17) is 0 Å². The lowest BCUT2D eigenvalue weighted by Gasteiger charge is -2.33. The molecule has 0 aliphatic carbocycles. The average Bonchev–Trinajstić information content (AvgIpc) is 2.36. The number of fused-ring (bicyclic) bond motifs is 6. The van der Waals surface area contributed by atoms with Gasteiger partial charge in [0.1, 0.15) is 9.79 Å². The molecule has 7 N–H and O–H groups in total. The first-order valence-electron chi connectivity index (χ1n) is 25.5. The SMILES string of the molecule is CC1(C)\C(=C/C=C/C=C(/C=C/C2N(CCCCS(=O)(=O)O)c3ccc4c(S(=O)(=O)O)cc(S(=O)(=O)O)cc4c3C2(C)C)c2cccc(CCCCC(=O)O)c2)N(CCCCS(=O)(=O)O)c2ccc3c(S(=O)(=O)O)cc(S(=O)(=O)O)cc3c21. The third kappa shape index (κ3) is 14.5. The maximum atomic E-state index is 12.8. The first kappa shape index (κ1) is 63.7. The van der Waals surface area contributed by atoms with Gasteiger partial charge in [-0.05, 0) is 126 Å². The quantitative estimate of drug-likeness (QED) is 0.0173. The Morgan fingerprint density at radius 3 is 1.63 bits per heavy atom. The molecule has 444 valence electrons. The predicted octanol–water partition coefficient (Wildman–Crippen LogP) is 8.46. The fourth-order valence-corrected chi connectivity index (χ4v) is 14.9. The molecule has 0 aromatic heterocycles. The van der Waals surface area contributed by atoms with Crippen LogP contribution in [0.2, 0.25) is 0 Å². The number of rotatable bonds is 24. The van der Waals surface area contributed by atoms with Gasteiger partial charge in [-0.25, -0.2) is 0 Å². The Balaban J connectivity index is 1.39. The van der Waals surface area contributed by atoms with Gasteiger partial charge in [0.05, 0.1) is 27.3 Å². The van der Waals surface area contributed by atoms with Crippen molar-refractivity contribution in [1.29, 1.82) is 0 Å². The molecule has 1 unspecified atom stereocenters. The predicted molar refractivity (Wildman–Crippen MR) is 309 cm³/mol. The summed E-state index contributed by atoms with van der Waals surface area (Å²) in [7, 11) is -28.9. The lowest BCUT2D eigenvalue weighted by molar-refractivity contribution is -0.137. The van der Waals surface area contributed by atoms with Crippen LogP contribution in [0.5, 0.6) is 0 Å². The Morgan fingerprint density at radius 1 is 0.573 bits per heavy atom. The largest absolute Gasteiger partial charge is 0.481 e. The van der Waals surface area contributed by atoms with Crippen LogP contribution in [0.3, 0.4) is 0 Å².